The lowest BCUT2D eigenvalue weighted by Crippen LogP contribution is -2.50. The van der Waals surface area contributed by atoms with Gasteiger partial charge in [-0.1, -0.05) is 18.2 Å². The van der Waals surface area contributed by atoms with Crippen LogP contribution < -0.4 is 25.7 Å². The third kappa shape index (κ3) is 4.91. The highest BCUT2D eigenvalue weighted by molar-refractivity contribution is 7.80. The summed E-state index contributed by atoms with van der Waals surface area (Å²) < 4.78 is 13.5. The minimum absolute atomic E-state index is 0.0791. The van der Waals surface area contributed by atoms with Crippen molar-refractivity contribution in [3.63, 3.8) is 0 Å². The molecule has 0 spiro atoms. The number of amides is 1. The fourth-order valence-electron chi connectivity index (χ4n) is 5.44. The van der Waals surface area contributed by atoms with Gasteiger partial charge in [-0.25, -0.2) is 0 Å². The Morgan fingerprint density at radius 2 is 1.78 bits per heavy atom. The first-order valence-electron chi connectivity index (χ1n) is 12.6. The van der Waals surface area contributed by atoms with E-state index in [-0.39, 0.29) is 17.6 Å². The molecule has 2 bridgehead atoms. The van der Waals surface area contributed by atoms with Crippen LogP contribution in [0.2, 0.25) is 0 Å². The highest BCUT2D eigenvalue weighted by Crippen LogP contribution is 2.35. The van der Waals surface area contributed by atoms with Crippen LogP contribution in [0.1, 0.15) is 28.4 Å². The molecule has 1 fully saturated rings. The van der Waals surface area contributed by atoms with Crippen molar-refractivity contribution in [2.45, 2.75) is 25.0 Å². The van der Waals surface area contributed by atoms with Crippen LogP contribution >= 0.6 is 12.2 Å². The van der Waals surface area contributed by atoms with Crippen molar-refractivity contribution in [1.29, 1.82) is 0 Å². The molecule has 3 unspecified atom stereocenters. The molecule has 0 saturated carbocycles. The van der Waals surface area contributed by atoms with Gasteiger partial charge in [-0.05, 0) is 67.0 Å². The van der Waals surface area contributed by atoms with Crippen molar-refractivity contribution in [1.82, 2.24) is 14.8 Å². The quantitative estimate of drug-likeness (QED) is 0.515. The Kier molecular flexibility index (Phi) is 6.30. The van der Waals surface area contributed by atoms with E-state index in [1.807, 2.05) is 47.0 Å². The number of fused-ring (bicyclic) bond motifs is 5. The van der Waals surface area contributed by atoms with Crippen molar-refractivity contribution >= 4 is 28.9 Å². The summed E-state index contributed by atoms with van der Waals surface area (Å²) in [6.07, 6.45) is 0.837. The number of carbonyl (C=O) groups is 1. The number of nitrogens with zero attached hydrogens (tertiary/aromatic N) is 2. The van der Waals surface area contributed by atoms with Gasteiger partial charge in [0.1, 0.15) is 12.7 Å². The van der Waals surface area contributed by atoms with Gasteiger partial charge < -0.3 is 29.6 Å². The molecular weight excluding hydrogens is 488 g/mol. The number of hydrogen-bond donors (Lipinski definition) is 2. The Hall–Kier alpha value is -3.85. The second kappa shape index (κ2) is 9.89. The summed E-state index contributed by atoms with van der Waals surface area (Å²) in [6.45, 7) is 3.08. The fraction of sp³-hybridized carbons (Fsp3) is 0.321. The molecule has 3 aliphatic rings. The van der Waals surface area contributed by atoms with Gasteiger partial charge in [-0.2, -0.15) is 0 Å². The fourth-order valence-corrected chi connectivity index (χ4v) is 5.71. The predicted octanol–water partition coefficient (Wildman–Crippen LogP) is 3.23. The third-order valence-corrected chi connectivity index (χ3v) is 7.58. The average molecular weight is 517 g/mol. The molecule has 9 heteroatoms. The van der Waals surface area contributed by atoms with E-state index in [0.717, 1.165) is 43.2 Å². The van der Waals surface area contributed by atoms with E-state index in [2.05, 4.69) is 21.6 Å². The van der Waals surface area contributed by atoms with Gasteiger partial charge in [0, 0.05) is 48.6 Å². The summed E-state index contributed by atoms with van der Waals surface area (Å²) in [5.41, 5.74) is 2.56. The van der Waals surface area contributed by atoms with Crippen molar-refractivity contribution in [3.05, 3.63) is 88.3 Å². The summed E-state index contributed by atoms with van der Waals surface area (Å²) in [5, 5.41) is 6.90. The largest absolute Gasteiger partial charge is 0.486 e. The van der Waals surface area contributed by atoms with E-state index >= 15 is 0 Å². The van der Waals surface area contributed by atoms with Crippen molar-refractivity contribution in [2.75, 3.05) is 31.6 Å². The van der Waals surface area contributed by atoms with E-state index in [1.54, 1.807) is 18.2 Å². The second-order valence-corrected chi connectivity index (χ2v) is 10.2. The minimum Gasteiger partial charge on any atom is -0.486 e. The van der Waals surface area contributed by atoms with Crippen LogP contribution in [-0.4, -0.2) is 52.8 Å². The normalized spacial score (nSPS) is 21.5. The molecule has 8 nitrogen and oxygen atoms in total. The number of pyridine rings is 1. The molecule has 190 valence electrons. The lowest BCUT2D eigenvalue weighted by Gasteiger charge is -2.43. The van der Waals surface area contributed by atoms with Crippen molar-refractivity contribution in [2.24, 2.45) is 5.92 Å². The van der Waals surface area contributed by atoms with Gasteiger partial charge in [0.15, 0.2) is 16.6 Å². The van der Waals surface area contributed by atoms with Crippen LogP contribution in [0.15, 0.2) is 71.5 Å². The topological polar surface area (TPSA) is 84.8 Å². The minimum atomic E-state index is -0.244. The molecule has 4 heterocycles. The maximum absolute atomic E-state index is 12.7. The zero-order valence-electron chi connectivity index (χ0n) is 20.3. The standard InChI is InChI=1S/C28H28N4O4S/c33-26-7-3-4-23-20-12-18(15-32(23)26)14-31(16-20)28(37)30-21-10-8-19(9-11-21)27(34)29-13-22-17-35-24-5-1-2-6-25(24)36-22/h1-11,18,20,22H,12-17H2,(H,29,34)(H,30,37). The van der Waals surface area contributed by atoms with Gasteiger partial charge >= 0.3 is 0 Å². The summed E-state index contributed by atoms with van der Waals surface area (Å²) in [6, 6.07) is 20.3. The van der Waals surface area contributed by atoms with Crippen LogP contribution in [0.25, 0.3) is 0 Å². The van der Waals surface area contributed by atoms with Crippen LogP contribution in [0.5, 0.6) is 11.5 Å². The van der Waals surface area contributed by atoms with E-state index in [1.165, 1.54) is 0 Å². The highest BCUT2D eigenvalue weighted by Gasteiger charge is 2.35. The number of likely N-dealkylation sites (tertiary alicyclic amines) is 1. The molecule has 6 rings (SSSR count). The maximum Gasteiger partial charge on any atom is 0.251 e. The van der Waals surface area contributed by atoms with E-state index in [4.69, 9.17) is 21.7 Å². The SMILES string of the molecule is O=C(NCC1COc2ccccc2O1)c1ccc(NC(=S)N2CC3CC(C2)c2cccc(=O)n2C3)cc1. The van der Waals surface area contributed by atoms with E-state index in [9.17, 15) is 9.59 Å². The number of thiocarbonyl (C=S) groups is 1. The first-order chi connectivity index (χ1) is 18.0. The number of rotatable bonds is 4. The number of carbonyl (C=O) groups excluding carboxylic acids is 1. The number of hydrogen-bond acceptors (Lipinski definition) is 5. The van der Waals surface area contributed by atoms with E-state index in [0.29, 0.717) is 41.4 Å². The summed E-state index contributed by atoms with van der Waals surface area (Å²) in [5.74, 6) is 1.92. The number of piperidine rings is 1. The predicted molar refractivity (Wildman–Crippen MR) is 144 cm³/mol. The van der Waals surface area contributed by atoms with Crippen LogP contribution in [0.3, 0.4) is 0 Å². The zero-order valence-corrected chi connectivity index (χ0v) is 21.1. The molecule has 3 aromatic rings. The van der Waals surface area contributed by atoms with Crippen molar-refractivity contribution < 1.29 is 14.3 Å². The molecular formula is C28H28N4O4S. The van der Waals surface area contributed by atoms with E-state index < -0.39 is 0 Å². The van der Waals surface area contributed by atoms with Crippen LogP contribution in [-0.2, 0) is 6.54 Å². The Morgan fingerprint density at radius 1 is 0.973 bits per heavy atom. The number of anilines is 1. The number of para-hydroxylation sites is 2. The molecule has 1 amide bonds. The molecule has 3 aliphatic heterocycles. The lowest BCUT2D eigenvalue weighted by atomic mass is 9.83. The number of nitrogens with one attached hydrogen (secondary N) is 2. The molecule has 1 saturated heterocycles. The summed E-state index contributed by atoms with van der Waals surface area (Å²) in [4.78, 5) is 27.1. The Balaban J connectivity index is 1.03. The summed E-state index contributed by atoms with van der Waals surface area (Å²) >= 11 is 5.73. The Morgan fingerprint density at radius 3 is 2.62 bits per heavy atom. The summed E-state index contributed by atoms with van der Waals surface area (Å²) in [7, 11) is 0. The van der Waals surface area contributed by atoms with Gasteiger partial charge in [0.25, 0.3) is 11.5 Å². The van der Waals surface area contributed by atoms with Gasteiger partial charge in [-0.3, -0.25) is 9.59 Å². The van der Waals surface area contributed by atoms with Crippen LogP contribution in [0.4, 0.5) is 5.69 Å². The second-order valence-electron chi connectivity index (χ2n) is 9.82. The molecule has 1 aromatic heterocycles. The number of benzene rings is 2. The van der Waals surface area contributed by atoms with Crippen molar-refractivity contribution in [3.8, 4) is 11.5 Å². The highest BCUT2D eigenvalue weighted by atomic mass is 32.1. The molecule has 3 atom stereocenters. The first kappa shape index (κ1) is 23.5. The van der Waals surface area contributed by atoms with Gasteiger partial charge in [-0.15, -0.1) is 0 Å². The Labute approximate surface area is 220 Å². The molecule has 2 N–H and O–H groups in total. The monoisotopic (exact) mass is 516 g/mol. The maximum atomic E-state index is 12.7. The van der Waals surface area contributed by atoms with Gasteiger partial charge in [0.05, 0.1) is 6.54 Å². The third-order valence-electron chi connectivity index (χ3n) is 7.22. The molecule has 0 radical (unpaired) electrons. The average Bonchev–Trinajstić information content (AvgIpc) is 2.92. The smallest absolute Gasteiger partial charge is 0.251 e. The lowest BCUT2D eigenvalue weighted by molar-refractivity contribution is 0.0789. The number of aromatic nitrogens is 1. The Bertz CT molecular complexity index is 1390. The van der Waals surface area contributed by atoms with Crippen LogP contribution in [0, 0.1) is 5.92 Å². The molecule has 37 heavy (non-hydrogen) atoms. The van der Waals surface area contributed by atoms with Gasteiger partial charge in [0.2, 0.25) is 0 Å². The molecule has 0 aliphatic carbocycles. The zero-order chi connectivity index (χ0) is 25.4. The first-order valence-corrected chi connectivity index (χ1v) is 13.0. The number of ether oxygens (including phenoxy) is 2. The molecule has 2 aromatic carbocycles.